The van der Waals surface area contributed by atoms with E-state index in [2.05, 4.69) is 0 Å². The lowest BCUT2D eigenvalue weighted by Gasteiger charge is -2.43. The Kier molecular flexibility index (Phi) is 1.75. The lowest BCUT2D eigenvalue weighted by atomic mass is 9.73. The summed E-state index contributed by atoms with van der Waals surface area (Å²) in [6, 6.07) is 8.56. The van der Waals surface area contributed by atoms with Gasteiger partial charge in [0.05, 0.1) is 5.56 Å². The zero-order valence-corrected chi connectivity index (χ0v) is 13.6. The molecule has 4 heterocycles. The van der Waals surface area contributed by atoms with Gasteiger partial charge in [0.2, 0.25) is 0 Å². The Morgan fingerprint density at radius 2 is 1.74 bits per heavy atom. The van der Waals surface area contributed by atoms with E-state index in [9.17, 15) is 14.7 Å². The highest BCUT2D eigenvalue weighted by Gasteiger charge is 2.81. The zero-order chi connectivity index (χ0) is 17.9. The molecule has 4 aliphatic heterocycles. The van der Waals surface area contributed by atoms with Crippen LogP contribution < -0.4 is 4.74 Å². The predicted octanol–water partition coefficient (Wildman–Crippen LogP) is 1.14. The Morgan fingerprint density at radius 1 is 0.926 bits per heavy atom. The second-order valence-electron chi connectivity index (χ2n) is 7.85. The number of epoxide rings is 2. The SMILES string of the molecule is O=C1c2c(O)ccc3c2C2(Oc4cccc5c4[C@]3(O2)[C@@H]2O[C@@H]2C5=O)[C@@H]2O[C@H]12. The first-order valence-corrected chi connectivity index (χ1v) is 8.87. The van der Waals surface area contributed by atoms with E-state index >= 15 is 0 Å². The molecule has 1 N–H and O–H groups in total. The third-order valence-corrected chi connectivity index (χ3v) is 6.69. The number of fused-ring (bicyclic) bond motifs is 2. The number of rotatable bonds is 0. The fourth-order valence-electron chi connectivity index (χ4n) is 5.61. The van der Waals surface area contributed by atoms with Crippen molar-refractivity contribution in [2.75, 3.05) is 0 Å². The lowest BCUT2D eigenvalue weighted by molar-refractivity contribution is -0.262. The average molecular weight is 362 g/mol. The molecule has 27 heavy (non-hydrogen) atoms. The Balaban J connectivity index is 1.58. The van der Waals surface area contributed by atoms with Crippen LogP contribution in [0.2, 0.25) is 0 Å². The van der Waals surface area contributed by atoms with Gasteiger partial charge in [0.1, 0.15) is 17.6 Å². The summed E-state index contributed by atoms with van der Waals surface area (Å²) in [6.07, 6.45) is -2.33. The molecule has 2 fully saturated rings. The molecular weight excluding hydrogens is 352 g/mol. The molecule has 0 radical (unpaired) electrons. The molecule has 0 aromatic heterocycles. The standard InChI is InChI=1S/C20H10O7/c21-8-5-4-7-12-10(8)14(23)16-18(25-16)20(12)26-9-3-1-2-6-11(9)19(7,27-20)17-15(24-17)13(6)22/h1-5,15-18,21H/t15-,16-,17-,18-,19+,20?/m1/s1. The molecule has 0 amide bonds. The highest BCUT2D eigenvalue weighted by molar-refractivity contribution is 6.09. The first kappa shape index (κ1) is 13.4. The third-order valence-electron chi connectivity index (χ3n) is 6.69. The van der Waals surface area contributed by atoms with E-state index in [1.807, 2.05) is 0 Å². The quantitative estimate of drug-likeness (QED) is 0.702. The molecule has 7 nitrogen and oxygen atoms in total. The van der Waals surface area contributed by atoms with Crippen LogP contribution in [0.25, 0.3) is 0 Å². The van der Waals surface area contributed by atoms with E-state index in [4.69, 9.17) is 18.9 Å². The number of carbonyl (C=O) groups excluding carboxylic acids is 2. The monoisotopic (exact) mass is 362 g/mol. The van der Waals surface area contributed by atoms with Crippen molar-refractivity contribution in [2.24, 2.45) is 0 Å². The van der Waals surface area contributed by atoms with Crippen molar-refractivity contribution in [1.29, 1.82) is 0 Å². The van der Waals surface area contributed by atoms with Crippen molar-refractivity contribution in [3.05, 3.63) is 58.1 Å². The van der Waals surface area contributed by atoms with Gasteiger partial charge in [-0.3, -0.25) is 9.59 Å². The van der Waals surface area contributed by atoms with Crippen LogP contribution in [0.4, 0.5) is 0 Å². The van der Waals surface area contributed by atoms with Gasteiger partial charge >= 0.3 is 0 Å². The van der Waals surface area contributed by atoms with Crippen molar-refractivity contribution in [2.45, 2.75) is 35.8 Å². The molecule has 0 saturated carbocycles. The van der Waals surface area contributed by atoms with E-state index in [1.54, 1.807) is 24.3 Å². The summed E-state index contributed by atoms with van der Waals surface area (Å²) in [7, 11) is 0. The van der Waals surface area contributed by atoms with Crippen LogP contribution in [0.5, 0.6) is 11.5 Å². The van der Waals surface area contributed by atoms with Crippen LogP contribution in [0.15, 0.2) is 30.3 Å². The van der Waals surface area contributed by atoms with Crippen LogP contribution in [0.3, 0.4) is 0 Å². The Morgan fingerprint density at radius 3 is 2.63 bits per heavy atom. The first-order chi connectivity index (χ1) is 13.1. The van der Waals surface area contributed by atoms with Crippen molar-refractivity contribution in [3.8, 4) is 11.5 Å². The highest BCUT2D eigenvalue weighted by atomic mass is 16.8. The topological polar surface area (TPSA) is 97.9 Å². The summed E-state index contributed by atoms with van der Waals surface area (Å²) < 4.78 is 24.3. The zero-order valence-electron chi connectivity index (χ0n) is 13.6. The molecule has 2 bridgehead atoms. The van der Waals surface area contributed by atoms with Gasteiger partial charge in [0.25, 0.3) is 5.79 Å². The predicted molar refractivity (Wildman–Crippen MR) is 84.7 cm³/mol. The van der Waals surface area contributed by atoms with Crippen LogP contribution in [-0.2, 0) is 25.6 Å². The maximum Gasteiger partial charge on any atom is 0.269 e. The largest absolute Gasteiger partial charge is 0.507 e. The molecule has 6 aliphatic rings. The summed E-state index contributed by atoms with van der Waals surface area (Å²) in [5, 5.41) is 10.4. The van der Waals surface area contributed by atoms with Gasteiger partial charge in [-0.2, -0.15) is 0 Å². The molecular formula is C20H10O7. The summed E-state index contributed by atoms with van der Waals surface area (Å²) in [4.78, 5) is 25.5. The number of benzene rings is 2. The molecule has 2 spiro atoms. The number of carbonyl (C=O) groups is 2. The molecule has 132 valence electrons. The van der Waals surface area contributed by atoms with E-state index in [-0.39, 0.29) is 22.9 Å². The second-order valence-corrected chi connectivity index (χ2v) is 7.85. The maximum atomic E-state index is 12.8. The van der Waals surface area contributed by atoms with Gasteiger partial charge in [-0.1, -0.05) is 18.2 Å². The molecule has 2 saturated heterocycles. The summed E-state index contributed by atoms with van der Waals surface area (Å²) in [5.41, 5.74) is 1.53. The number of ketones is 2. The number of ether oxygens (including phenoxy) is 4. The maximum absolute atomic E-state index is 12.8. The van der Waals surface area contributed by atoms with Gasteiger partial charge in [-0.15, -0.1) is 0 Å². The van der Waals surface area contributed by atoms with Gasteiger partial charge in [0.15, 0.2) is 35.5 Å². The van der Waals surface area contributed by atoms with E-state index < -0.39 is 35.8 Å². The number of aromatic hydroxyl groups is 1. The van der Waals surface area contributed by atoms with Gasteiger partial charge in [-0.25, -0.2) is 0 Å². The van der Waals surface area contributed by atoms with Crippen LogP contribution >= 0.6 is 0 Å². The van der Waals surface area contributed by atoms with Crippen molar-refractivity contribution in [3.63, 3.8) is 0 Å². The number of Topliss-reactive ketones (excluding diaryl/α,β-unsaturated/α-hetero) is 2. The number of phenols is 1. The summed E-state index contributed by atoms with van der Waals surface area (Å²) in [6.45, 7) is 0. The molecule has 6 atom stereocenters. The highest BCUT2D eigenvalue weighted by Crippen LogP contribution is 2.70. The normalized spacial score (nSPS) is 42.5. The Labute approximate surface area is 151 Å². The number of hydrogen-bond acceptors (Lipinski definition) is 7. The number of hydrogen-bond donors (Lipinski definition) is 1. The minimum absolute atomic E-state index is 0.0823. The average Bonchev–Trinajstić information content (AvgIpc) is 3.56. The second kappa shape index (κ2) is 3.52. The van der Waals surface area contributed by atoms with Crippen LogP contribution in [0, 0.1) is 0 Å². The van der Waals surface area contributed by atoms with Crippen molar-refractivity contribution in [1.82, 2.24) is 0 Å². The summed E-state index contributed by atoms with van der Waals surface area (Å²) >= 11 is 0. The molecule has 1 unspecified atom stereocenters. The molecule has 7 heteroatoms. The van der Waals surface area contributed by atoms with Gasteiger partial charge < -0.3 is 24.1 Å². The van der Waals surface area contributed by atoms with E-state index in [0.29, 0.717) is 28.0 Å². The van der Waals surface area contributed by atoms with E-state index in [1.165, 1.54) is 6.07 Å². The number of phenolic OH excluding ortho intramolecular Hbond substituents is 1. The fourth-order valence-corrected chi connectivity index (χ4v) is 5.61. The molecule has 2 aromatic rings. The van der Waals surface area contributed by atoms with Crippen LogP contribution in [-0.4, -0.2) is 41.1 Å². The van der Waals surface area contributed by atoms with E-state index in [0.717, 1.165) is 0 Å². The lowest BCUT2D eigenvalue weighted by Crippen LogP contribution is -2.53. The van der Waals surface area contributed by atoms with Crippen molar-refractivity contribution < 1.29 is 33.6 Å². The minimum Gasteiger partial charge on any atom is -0.507 e. The van der Waals surface area contributed by atoms with Gasteiger partial charge in [-0.05, 0) is 12.1 Å². The molecule has 2 aromatic carbocycles. The first-order valence-electron chi connectivity index (χ1n) is 8.87. The Hall–Kier alpha value is -2.74. The fraction of sp³-hybridized carbons (Fsp3) is 0.300. The Bertz CT molecular complexity index is 1190. The summed E-state index contributed by atoms with van der Waals surface area (Å²) in [5.74, 6) is -1.24. The third kappa shape index (κ3) is 1.11. The molecule has 8 rings (SSSR count). The van der Waals surface area contributed by atoms with Gasteiger partial charge in [0, 0.05) is 22.3 Å². The minimum atomic E-state index is -1.31. The molecule has 2 aliphatic carbocycles. The smallest absolute Gasteiger partial charge is 0.269 e. The van der Waals surface area contributed by atoms with Crippen LogP contribution in [0.1, 0.15) is 37.4 Å². The van der Waals surface area contributed by atoms with Crippen molar-refractivity contribution >= 4 is 11.6 Å².